The number of rotatable bonds is 3. The van der Waals surface area contributed by atoms with Gasteiger partial charge in [0.25, 0.3) is 0 Å². The Kier molecular flexibility index (Phi) is 2.99. The van der Waals surface area contributed by atoms with Crippen molar-refractivity contribution in [1.82, 2.24) is 0 Å². The minimum atomic E-state index is -1.50. The highest BCUT2D eigenvalue weighted by Gasteiger charge is 2.16. The van der Waals surface area contributed by atoms with E-state index < -0.39 is 35.6 Å². The number of carboxylic acid groups (broad SMARTS) is 2. The number of benzene rings is 1. The molecule has 0 aliphatic heterocycles. The van der Waals surface area contributed by atoms with E-state index in [2.05, 4.69) is 0 Å². The van der Waals surface area contributed by atoms with Gasteiger partial charge in [-0.1, -0.05) is 0 Å². The summed E-state index contributed by atoms with van der Waals surface area (Å²) in [5.41, 5.74) is -0.815. The number of hydrogen-bond acceptors (Lipinski definition) is 2. The number of hydrogen-bond donors (Lipinski definition) is 2. The van der Waals surface area contributed by atoms with E-state index in [-0.39, 0.29) is 5.56 Å². The van der Waals surface area contributed by atoms with E-state index >= 15 is 0 Å². The van der Waals surface area contributed by atoms with Crippen LogP contribution >= 0.6 is 0 Å². The van der Waals surface area contributed by atoms with Crippen molar-refractivity contribution in [3.63, 3.8) is 0 Å². The summed E-state index contributed by atoms with van der Waals surface area (Å²) in [6.45, 7) is 0. The molecule has 0 aromatic heterocycles. The summed E-state index contributed by atoms with van der Waals surface area (Å²) >= 11 is 0. The first-order valence-electron chi connectivity index (χ1n) is 3.85. The number of carboxylic acids is 2. The zero-order valence-electron chi connectivity index (χ0n) is 7.33. The van der Waals surface area contributed by atoms with Gasteiger partial charge in [-0.25, -0.2) is 13.6 Å². The van der Waals surface area contributed by atoms with Gasteiger partial charge in [0.2, 0.25) is 0 Å². The molecule has 0 radical (unpaired) electrons. The third-order valence-corrected chi connectivity index (χ3v) is 1.72. The summed E-state index contributed by atoms with van der Waals surface area (Å²) in [4.78, 5) is 20.9. The Morgan fingerprint density at radius 2 is 1.67 bits per heavy atom. The highest BCUT2D eigenvalue weighted by atomic mass is 19.2. The van der Waals surface area contributed by atoms with Gasteiger partial charge in [-0.05, 0) is 17.7 Å². The topological polar surface area (TPSA) is 74.6 Å². The average molecular weight is 216 g/mol. The Morgan fingerprint density at radius 1 is 1.13 bits per heavy atom. The van der Waals surface area contributed by atoms with Crippen molar-refractivity contribution < 1.29 is 28.6 Å². The lowest BCUT2D eigenvalue weighted by Crippen LogP contribution is -2.09. The lowest BCUT2D eigenvalue weighted by molar-refractivity contribution is -0.136. The van der Waals surface area contributed by atoms with E-state index in [1.165, 1.54) is 0 Å². The fourth-order valence-corrected chi connectivity index (χ4v) is 1.10. The van der Waals surface area contributed by atoms with Crippen molar-refractivity contribution in [2.24, 2.45) is 0 Å². The standard InChI is InChI=1S/C9H6F2O4/c10-6-1-4(2-8(12)13)5(9(14)15)3-7(6)11/h1,3H,2H2,(H,12,13)(H,14,15). The Hall–Kier alpha value is -1.98. The molecule has 0 amide bonds. The number of carbonyl (C=O) groups is 2. The molecule has 1 rings (SSSR count). The molecule has 0 spiro atoms. The fraction of sp³-hybridized carbons (Fsp3) is 0.111. The Morgan fingerprint density at radius 3 is 2.13 bits per heavy atom. The molecule has 1 aromatic rings. The molecule has 6 heteroatoms. The van der Waals surface area contributed by atoms with Crippen LogP contribution in [-0.4, -0.2) is 22.2 Å². The quantitative estimate of drug-likeness (QED) is 0.798. The summed E-state index contributed by atoms with van der Waals surface area (Å²) in [7, 11) is 0. The van der Waals surface area contributed by atoms with Crippen molar-refractivity contribution in [1.29, 1.82) is 0 Å². The average Bonchev–Trinajstić information content (AvgIpc) is 2.09. The minimum Gasteiger partial charge on any atom is -0.481 e. The molecule has 1 aromatic carbocycles. The summed E-state index contributed by atoms with van der Waals surface area (Å²) in [5, 5.41) is 17.0. The van der Waals surface area contributed by atoms with Crippen molar-refractivity contribution in [3.8, 4) is 0 Å². The number of aromatic carboxylic acids is 1. The van der Waals surface area contributed by atoms with Gasteiger partial charge in [0, 0.05) is 0 Å². The summed E-state index contributed by atoms with van der Waals surface area (Å²) in [6.07, 6.45) is -0.668. The first-order chi connectivity index (χ1) is 6.91. The van der Waals surface area contributed by atoms with Crippen molar-refractivity contribution in [2.75, 3.05) is 0 Å². The molecule has 4 nitrogen and oxygen atoms in total. The maximum Gasteiger partial charge on any atom is 0.336 e. The van der Waals surface area contributed by atoms with Gasteiger partial charge >= 0.3 is 11.9 Å². The van der Waals surface area contributed by atoms with Gasteiger partial charge in [-0.2, -0.15) is 0 Å². The Bertz CT molecular complexity index is 428. The van der Waals surface area contributed by atoms with Crippen LogP contribution in [0.15, 0.2) is 12.1 Å². The largest absolute Gasteiger partial charge is 0.481 e. The highest BCUT2D eigenvalue weighted by Crippen LogP contribution is 2.15. The predicted molar refractivity (Wildman–Crippen MR) is 44.7 cm³/mol. The molecular formula is C9H6F2O4. The van der Waals surface area contributed by atoms with Crippen LogP contribution < -0.4 is 0 Å². The van der Waals surface area contributed by atoms with Gasteiger partial charge in [-0.15, -0.1) is 0 Å². The molecule has 0 unspecified atom stereocenters. The first kappa shape index (κ1) is 11.1. The second-order valence-corrected chi connectivity index (χ2v) is 2.80. The molecule has 0 fully saturated rings. The van der Waals surface area contributed by atoms with E-state index in [9.17, 15) is 18.4 Å². The van der Waals surface area contributed by atoms with Crippen molar-refractivity contribution in [2.45, 2.75) is 6.42 Å². The van der Waals surface area contributed by atoms with Crippen LogP contribution in [0.4, 0.5) is 8.78 Å². The van der Waals surface area contributed by atoms with Crippen LogP contribution in [0.1, 0.15) is 15.9 Å². The monoisotopic (exact) mass is 216 g/mol. The normalized spacial score (nSPS) is 10.0. The molecule has 80 valence electrons. The van der Waals surface area contributed by atoms with Gasteiger partial charge in [0.1, 0.15) is 0 Å². The van der Waals surface area contributed by atoms with Gasteiger partial charge < -0.3 is 10.2 Å². The molecule has 0 saturated heterocycles. The van der Waals surface area contributed by atoms with Crippen LogP contribution in [0.2, 0.25) is 0 Å². The van der Waals surface area contributed by atoms with Crippen LogP contribution in [0.25, 0.3) is 0 Å². The smallest absolute Gasteiger partial charge is 0.336 e. The molecular weight excluding hydrogens is 210 g/mol. The maximum atomic E-state index is 12.7. The van der Waals surface area contributed by atoms with E-state index in [0.29, 0.717) is 12.1 Å². The molecule has 0 saturated carbocycles. The third kappa shape index (κ3) is 2.49. The number of halogens is 2. The second-order valence-electron chi connectivity index (χ2n) is 2.80. The van der Waals surface area contributed by atoms with Crippen LogP contribution in [0, 0.1) is 11.6 Å². The van der Waals surface area contributed by atoms with E-state index in [0.717, 1.165) is 0 Å². The van der Waals surface area contributed by atoms with Gasteiger partial charge in [-0.3, -0.25) is 4.79 Å². The van der Waals surface area contributed by atoms with E-state index in [1.807, 2.05) is 0 Å². The zero-order chi connectivity index (χ0) is 11.6. The van der Waals surface area contributed by atoms with Crippen molar-refractivity contribution >= 4 is 11.9 Å². The van der Waals surface area contributed by atoms with Gasteiger partial charge in [0.15, 0.2) is 11.6 Å². The first-order valence-corrected chi connectivity index (χ1v) is 3.85. The molecule has 0 aliphatic rings. The third-order valence-electron chi connectivity index (χ3n) is 1.72. The molecule has 0 aliphatic carbocycles. The van der Waals surface area contributed by atoms with Crippen LogP contribution in [-0.2, 0) is 11.2 Å². The summed E-state index contributed by atoms with van der Waals surface area (Å²) in [5.74, 6) is -5.40. The van der Waals surface area contributed by atoms with Crippen molar-refractivity contribution in [3.05, 3.63) is 34.9 Å². The molecule has 2 N–H and O–H groups in total. The Labute approximate surface area is 82.8 Å². The van der Waals surface area contributed by atoms with E-state index in [4.69, 9.17) is 10.2 Å². The maximum absolute atomic E-state index is 12.7. The highest BCUT2D eigenvalue weighted by molar-refractivity contribution is 5.90. The Balaban J connectivity index is 3.28. The number of aliphatic carboxylic acids is 1. The second kappa shape index (κ2) is 4.04. The molecule has 0 atom stereocenters. The molecule has 15 heavy (non-hydrogen) atoms. The molecule has 0 heterocycles. The van der Waals surface area contributed by atoms with E-state index in [1.54, 1.807) is 0 Å². The van der Waals surface area contributed by atoms with Crippen LogP contribution in [0.5, 0.6) is 0 Å². The van der Waals surface area contributed by atoms with Gasteiger partial charge in [0.05, 0.1) is 12.0 Å². The summed E-state index contributed by atoms with van der Waals surface area (Å²) in [6, 6.07) is 1.04. The minimum absolute atomic E-state index is 0.270. The zero-order valence-corrected chi connectivity index (χ0v) is 7.33. The van der Waals surface area contributed by atoms with Crippen LogP contribution in [0.3, 0.4) is 0 Å². The predicted octanol–water partition coefficient (Wildman–Crippen LogP) is 1.29. The lowest BCUT2D eigenvalue weighted by atomic mass is 10.0. The molecule has 0 bridgehead atoms. The SMILES string of the molecule is O=C(O)Cc1cc(F)c(F)cc1C(=O)O. The summed E-state index contributed by atoms with van der Waals surface area (Å²) < 4.78 is 25.4. The fourth-order valence-electron chi connectivity index (χ4n) is 1.10. The lowest BCUT2D eigenvalue weighted by Gasteiger charge is -2.04.